The van der Waals surface area contributed by atoms with Gasteiger partial charge in [0, 0.05) is 12.2 Å². The van der Waals surface area contributed by atoms with Gasteiger partial charge in [-0.3, -0.25) is 9.59 Å². The van der Waals surface area contributed by atoms with Crippen LogP contribution in [0.5, 0.6) is 0 Å². The number of ether oxygens (including phenoxy) is 2. The second kappa shape index (κ2) is 12.1. The topological polar surface area (TPSA) is 127 Å². The summed E-state index contributed by atoms with van der Waals surface area (Å²) in [7, 11) is 2.79. The third-order valence-electron chi connectivity index (χ3n) is 1.96. The van der Waals surface area contributed by atoms with E-state index in [0.717, 1.165) is 0 Å². The van der Waals surface area contributed by atoms with Gasteiger partial charge in [0.15, 0.2) is 0 Å². The number of carboxylic acids is 2. The fourth-order valence-corrected chi connectivity index (χ4v) is 0.755. The SMILES string of the molecule is COC(=O)C(C)(C)C.COC(=O)C(C)(C)C.O=C(O)/C=C/C(=O)O. The van der Waals surface area contributed by atoms with Gasteiger partial charge >= 0.3 is 23.9 Å². The Kier molecular flexibility index (Phi) is 13.4. The predicted octanol–water partition coefficient (Wildman–Crippen LogP) is 2.12. The number of carboxylic acid groups (broad SMARTS) is 2. The first kappa shape index (κ1) is 26.5. The minimum Gasteiger partial charge on any atom is -0.478 e. The summed E-state index contributed by atoms with van der Waals surface area (Å²) >= 11 is 0. The van der Waals surface area contributed by atoms with E-state index in [2.05, 4.69) is 9.47 Å². The first-order valence-electron chi connectivity index (χ1n) is 6.90. The number of rotatable bonds is 2. The van der Waals surface area contributed by atoms with E-state index in [4.69, 9.17) is 10.2 Å². The van der Waals surface area contributed by atoms with Crippen molar-refractivity contribution in [3.8, 4) is 0 Å². The molecule has 0 spiro atoms. The highest BCUT2D eigenvalue weighted by Crippen LogP contribution is 2.14. The fourth-order valence-electron chi connectivity index (χ4n) is 0.755. The number of carbonyl (C=O) groups excluding carboxylic acids is 2. The first-order chi connectivity index (χ1) is 10.6. The molecule has 0 amide bonds. The summed E-state index contributed by atoms with van der Waals surface area (Å²) in [5, 5.41) is 15.6. The third-order valence-corrected chi connectivity index (χ3v) is 1.96. The lowest BCUT2D eigenvalue weighted by Crippen LogP contribution is -2.21. The van der Waals surface area contributed by atoms with Crippen molar-refractivity contribution in [1.29, 1.82) is 0 Å². The van der Waals surface area contributed by atoms with E-state index in [0.29, 0.717) is 12.2 Å². The maximum absolute atomic E-state index is 10.6. The molecule has 0 unspecified atom stereocenters. The molecule has 0 aromatic rings. The van der Waals surface area contributed by atoms with E-state index in [1.807, 2.05) is 41.5 Å². The van der Waals surface area contributed by atoms with E-state index >= 15 is 0 Å². The lowest BCUT2D eigenvalue weighted by Gasteiger charge is -2.13. The quantitative estimate of drug-likeness (QED) is 0.574. The molecule has 8 heteroatoms. The Hall–Kier alpha value is -2.38. The minimum absolute atomic E-state index is 0.169. The molecular formula is C16H28O8. The van der Waals surface area contributed by atoms with Crippen LogP contribution >= 0.6 is 0 Å². The Morgan fingerprint density at radius 1 is 0.667 bits per heavy atom. The van der Waals surface area contributed by atoms with Gasteiger partial charge < -0.3 is 19.7 Å². The number of aliphatic carboxylic acids is 2. The average Bonchev–Trinajstić information content (AvgIpc) is 2.42. The van der Waals surface area contributed by atoms with E-state index in [9.17, 15) is 19.2 Å². The van der Waals surface area contributed by atoms with Gasteiger partial charge in [-0.1, -0.05) is 0 Å². The summed E-state index contributed by atoms with van der Waals surface area (Å²) in [5.41, 5.74) is -0.705. The van der Waals surface area contributed by atoms with Crippen LogP contribution in [0.1, 0.15) is 41.5 Å². The van der Waals surface area contributed by atoms with Crippen LogP contribution in [0.2, 0.25) is 0 Å². The number of esters is 2. The Morgan fingerprint density at radius 3 is 0.917 bits per heavy atom. The van der Waals surface area contributed by atoms with Gasteiger partial charge in [-0.15, -0.1) is 0 Å². The van der Waals surface area contributed by atoms with Gasteiger partial charge in [0.05, 0.1) is 25.0 Å². The summed E-state index contributed by atoms with van der Waals surface area (Å²) in [4.78, 5) is 40.3. The van der Waals surface area contributed by atoms with Crippen LogP contribution in [-0.4, -0.2) is 48.3 Å². The number of hydrogen-bond acceptors (Lipinski definition) is 6. The molecular weight excluding hydrogens is 320 g/mol. The van der Waals surface area contributed by atoms with Crippen molar-refractivity contribution in [3.05, 3.63) is 12.2 Å². The van der Waals surface area contributed by atoms with E-state index in [1.165, 1.54) is 14.2 Å². The maximum Gasteiger partial charge on any atom is 0.328 e. The van der Waals surface area contributed by atoms with Crippen LogP contribution in [0.25, 0.3) is 0 Å². The van der Waals surface area contributed by atoms with Gasteiger partial charge in [0.25, 0.3) is 0 Å². The van der Waals surface area contributed by atoms with Crippen LogP contribution in [0.15, 0.2) is 12.2 Å². The number of hydrogen-bond donors (Lipinski definition) is 2. The summed E-state index contributed by atoms with van der Waals surface area (Å²) in [6, 6.07) is 0. The molecule has 0 aromatic carbocycles. The number of methoxy groups -OCH3 is 2. The molecule has 0 fully saturated rings. The van der Waals surface area contributed by atoms with Crippen LogP contribution in [0.3, 0.4) is 0 Å². The zero-order valence-corrected chi connectivity index (χ0v) is 15.5. The zero-order valence-electron chi connectivity index (χ0n) is 15.5. The molecule has 0 aliphatic carbocycles. The second-order valence-electron chi connectivity index (χ2n) is 6.49. The molecule has 0 atom stereocenters. The van der Waals surface area contributed by atoms with Crippen molar-refractivity contribution in [1.82, 2.24) is 0 Å². The van der Waals surface area contributed by atoms with Crippen molar-refractivity contribution in [3.63, 3.8) is 0 Å². The Bertz CT molecular complexity index is 408. The van der Waals surface area contributed by atoms with Crippen LogP contribution in [-0.2, 0) is 28.7 Å². The van der Waals surface area contributed by atoms with Crippen molar-refractivity contribution in [2.45, 2.75) is 41.5 Å². The summed E-state index contributed by atoms with van der Waals surface area (Å²) in [6.45, 7) is 10.9. The summed E-state index contributed by atoms with van der Waals surface area (Å²) in [5.74, 6) is -2.85. The van der Waals surface area contributed by atoms with Crippen LogP contribution in [0, 0.1) is 10.8 Å². The smallest absolute Gasteiger partial charge is 0.328 e. The van der Waals surface area contributed by atoms with Gasteiger partial charge in [0.2, 0.25) is 0 Å². The van der Waals surface area contributed by atoms with Crippen molar-refractivity contribution < 1.29 is 38.9 Å². The minimum atomic E-state index is -1.26. The lowest BCUT2D eigenvalue weighted by atomic mass is 9.98. The van der Waals surface area contributed by atoms with Gasteiger partial charge in [-0.2, -0.15) is 0 Å². The van der Waals surface area contributed by atoms with Gasteiger partial charge in [0.1, 0.15) is 0 Å². The second-order valence-corrected chi connectivity index (χ2v) is 6.49. The normalized spacial score (nSPS) is 10.5. The molecule has 0 aliphatic rings. The Balaban J connectivity index is -0.000000276. The lowest BCUT2D eigenvalue weighted by molar-refractivity contribution is -0.150. The summed E-state index contributed by atoms with van der Waals surface area (Å²) < 4.78 is 8.95. The molecule has 0 rings (SSSR count). The van der Waals surface area contributed by atoms with Crippen molar-refractivity contribution >= 4 is 23.9 Å². The third kappa shape index (κ3) is 19.6. The molecule has 8 nitrogen and oxygen atoms in total. The average molecular weight is 348 g/mol. The molecule has 0 saturated carbocycles. The zero-order chi connectivity index (χ0) is 20.1. The molecule has 24 heavy (non-hydrogen) atoms. The maximum atomic E-state index is 10.6. The molecule has 0 saturated heterocycles. The monoisotopic (exact) mass is 348 g/mol. The largest absolute Gasteiger partial charge is 0.478 e. The molecule has 140 valence electrons. The molecule has 2 N–H and O–H groups in total. The molecule has 0 bridgehead atoms. The van der Waals surface area contributed by atoms with Crippen LogP contribution in [0.4, 0.5) is 0 Å². The Morgan fingerprint density at radius 2 is 0.875 bits per heavy atom. The molecule has 0 radical (unpaired) electrons. The highest BCUT2D eigenvalue weighted by atomic mass is 16.5. The van der Waals surface area contributed by atoms with Gasteiger partial charge in [-0.25, -0.2) is 9.59 Å². The van der Waals surface area contributed by atoms with E-state index in [1.54, 1.807) is 0 Å². The van der Waals surface area contributed by atoms with E-state index in [-0.39, 0.29) is 22.8 Å². The van der Waals surface area contributed by atoms with Gasteiger partial charge in [-0.05, 0) is 41.5 Å². The molecule has 0 aromatic heterocycles. The van der Waals surface area contributed by atoms with Crippen LogP contribution < -0.4 is 0 Å². The first-order valence-corrected chi connectivity index (χ1v) is 6.90. The fraction of sp³-hybridized carbons (Fsp3) is 0.625. The predicted molar refractivity (Wildman–Crippen MR) is 87.4 cm³/mol. The highest BCUT2D eigenvalue weighted by molar-refractivity contribution is 5.89. The van der Waals surface area contributed by atoms with E-state index < -0.39 is 11.9 Å². The highest BCUT2D eigenvalue weighted by Gasteiger charge is 2.21. The van der Waals surface area contributed by atoms with Crippen molar-refractivity contribution in [2.24, 2.45) is 10.8 Å². The Labute approximate surface area is 142 Å². The summed E-state index contributed by atoms with van der Waals surface area (Å²) in [6.07, 6.45) is 1.12. The molecule has 0 aliphatic heterocycles. The number of carbonyl (C=O) groups is 4. The standard InChI is InChI=1S/2C6H12O2.C4H4O4/c2*1-6(2,3)5(7)8-4;5-3(6)1-2-4(7)8/h2*1-4H3;1-2H,(H,5,6)(H,7,8)/b;;2-1+. The van der Waals surface area contributed by atoms with Crippen molar-refractivity contribution in [2.75, 3.05) is 14.2 Å². The molecule has 0 heterocycles.